The molecule has 1 amide bonds. The molecular formula is C12H8ClN5O2. The zero-order valence-electron chi connectivity index (χ0n) is 10.0. The van der Waals surface area contributed by atoms with Gasteiger partial charge in [0.2, 0.25) is 5.95 Å². The van der Waals surface area contributed by atoms with Crippen LogP contribution < -0.4 is 5.32 Å². The molecule has 0 radical (unpaired) electrons. The van der Waals surface area contributed by atoms with Crippen molar-refractivity contribution in [3.05, 3.63) is 47.7 Å². The number of H-pyrrole nitrogens is 1. The van der Waals surface area contributed by atoms with Gasteiger partial charge in [-0.25, -0.2) is 10.1 Å². The lowest BCUT2D eigenvalue weighted by molar-refractivity contribution is 0.0990. The first kappa shape index (κ1) is 12.4. The van der Waals surface area contributed by atoms with Gasteiger partial charge in [-0.3, -0.25) is 10.1 Å². The average molecular weight is 290 g/mol. The summed E-state index contributed by atoms with van der Waals surface area (Å²) < 4.78 is 5.39. The number of halogens is 1. The minimum atomic E-state index is -0.512. The monoisotopic (exact) mass is 289 g/mol. The van der Waals surface area contributed by atoms with Gasteiger partial charge in [0.25, 0.3) is 5.89 Å². The largest absolute Gasteiger partial charge is 0.432 e. The highest BCUT2D eigenvalue weighted by atomic mass is 35.5. The summed E-state index contributed by atoms with van der Waals surface area (Å²) in [5.41, 5.74) is 0.778. The van der Waals surface area contributed by atoms with Crippen LogP contribution in [0.3, 0.4) is 0 Å². The third kappa shape index (κ3) is 2.52. The van der Waals surface area contributed by atoms with Crippen LogP contribution in [0.15, 0.2) is 41.2 Å². The standard InChI is InChI=1S/C12H8ClN5O2/c13-8-3-1-7(2-4-8)9-5-14-11(20-9)10(19)17-12-15-6-16-18-12/h1-6H,(H2,15,16,17,18,19). The van der Waals surface area contributed by atoms with Crippen molar-refractivity contribution in [2.45, 2.75) is 0 Å². The van der Waals surface area contributed by atoms with E-state index in [-0.39, 0.29) is 11.8 Å². The summed E-state index contributed by atoms with van der Waals surface area (Å²) in [7, 11) is 0. The summed E-state index contributed by atoms with van der Waals surface area (Å²) in [5, 5.41) is 9.21. The highest BCUT2D eigenvalue weighted by Gasteiger charge is 2.15. The third-order valence-corrected chi connectivity index (χ3v) is 2.73. The quantitative estimate of drug-likeness (QED) is 0.771. The Hall–Kier alpha value is -2.67. The molecule has 2 aromatic heterocycles. The van der Waals surface area contributed by atoms with Crippen LogP contribution >= 0.6 is 11.6 Å². The number of carbonyl (C=O) groups excluding carboxylic acids is 1. The van der Waals surface area contributed by atoms with Crippen molar-refractivity contribution in [1.82, 2.24) is 20.2 Å². The van der Waals surface area contributed by atoms with Gasteiger partial charge in [0, 0.05) is 10.6 Å². The topological polar surface area (TPSA) is 96.7 Å². The lowest BCUT2D eigenvalue weighted by Gasteiger charge is -1.97. The maximum Gasteiger partial charge on any atom is 0.313 e. The Morgan fingerprint density at radius 3 is 2.75 bits per heavy atom. The van der Waals surface area contributed by atoms with E-state index >= 15 is 0 Å². The maximum atomic E-state index is 11.8. The molecule has 7 nitrogen and oxygen atoms in total. The molecule has 1 aromatic carbocycles. The van der Waals surface area contributed by atoms with Crippen LogP contribution in [0.1, 0.15) is 10.7 Å². The van der Waals surface area contributed by atoms with Gasteiger partial charge in [0.05, 0.1) is 6.20 Å². The highest BCUT2D eigenvalue weighted by molar-refractivity contribution is 6.30. The molecule has 2 heterocycles. The van der Waals surface area contributed by atoms with Crippen molar-refractivity contribution in [3.8, 4) is 11.3 Å². The van der Waals surface area contributed by atoms with Crippen LogP contribution in [0, 0.1) is 0 Å². The number of hydrogen-bond donors (Lipinski definition) is 2. The molecule has 0 unspecified atom stereocenters. The van der Waals surface area contributed by atoms with Gasteiger partial charge in [-0.2, -0.15) is 10.1 Å². The second kappa shape index (κ2) is 5.14. The normalized spacial score (nSPS) is 10.4. The SMILES string of the molecule is O=C(Nc1ncn[nH]1)c1ncc(-c2ccc(Cl)cc2)o1. The zero-order chi connectivity index (χ0) is 13.9. The number of amides is 1. The lowest BCUT2D eigenvalue weighted by atomic mass is 10.2. The Labute approximate surface area is 118 Å². The molecule has 2 N–H and O–H groups in total. The Bertz CT molecular complexity index is 721. The zero-order valence-corrected chi connectivity index (χ0v) is 10.8. The Kier molecular flexibility index (Phi) is 3.18. The van der Waals surface area contributed by atoms with E-state index in [1.165, 1.54) is 12.5 Å². The summed E-state index contributed by atoms with van der Waals surface area (Å²) in [5.74, 6) is 0.124. The fourth-order valence-corrected chi connectivity index (χ4v) is 1.68. The van der Waals surface area contributed by atoms with Crippen LogP contribution in [0.25, 0.3) is 11.3 Å². The van der Waals surface area contributed by atoms with E-state index in [4.69, 9.17) is 16.0 Å². The van der Waals surface area contributed by atoms with E-state index in [1.54, 1.807) is 24.3 Å². The van der Waals surface area contributed by atoms with Crippen molar-refractivity contribution in [2.75, 3.05) is 5.32 Å². The summed E-state index contributed by atoms with van der Waals surface area (Å²) >= 11 is 5.81. The molecule has 0 bridgehead atoms. The second-order valence-corrected chi connectivity index (χ2v) is 4.26. The van der Waals surface area contributed by atoms with Gasteiger partial charge in [-0.1, -0.05) is 11.6 Å². The molecule has 3 aromatic rings. The fraction of sp³-hybridized carbons (Fsp3) is 0. The molecule has 0 saturated heterocycles. The van der Waals surface area contributed by atoms with E-state index in [0.29, 0.717) is 10.8 Å². The fourth-order valence-electron chi connectivity index (χ4n) is 1.55. The van der Waals surface area contributed by atoms with Crippen molar-refractivity contribution >= 4 is 23.5 Å². The minimum Gasteiger partial charge on any atom is -0.432 e. The molecular weight excluding hydrogens is 282 g/mol. The lowest BCUT2D eigenvalue weighted by Crippen LogP contribution is -2.13. The van der Waals surface area contributed by atoms with E-state index < -0.39 is 5.91 Å². The highest BCUT2D eigenvalue weighted by Crippen LogP contribution is 2.22. The first-order valence-corrected chi connectivity index (χ1v) is 5.98. The van der Waals surface area contributed by atoms with Crippen molar-refractivity contribution in [2.24, 2.45) is 0 Å². The Morgan fingerprint density at radius 1 is 1.25 bits per heavy atom. The maximum absolute atomic E-state index is 11.8. The molecule has 20 heavy (non-hydrogen) atoms. The molecule has 3 rings (SSSR count). The molecule has 0 aliphatic rings. The van der Waals surface area contributed by atoms with E-state index in [2.05, 4.69) is 25.5 Å². The molecule has 0 aliphatic carbocycles. The number of hydrogen-bond acceptors (Lipinski definition) is 5. The van der Waals surface area contributed by atoms with Crippen LogP contribution in [-0.4, -0.2) is 26.1 Å². The summed E-state index contributed by atoms with van der Waals surface area (Å²) in [6.07, 6.45) is 2.75. The Balaban J connectivity index is 1.79. The minimum absolute atomic E-state index is 0.0636. The molecule has 0 fully saturated rings. The van der Waals surface area contributed by atoms with E-state index in [0.717, 1.165) is 5.56 Å². The predicted molar refractivity (Wildman–Crippen MR) is 71.3 cm³/mol. The van der Waals surface area contributed by atoms with Crippen LogP contribution in [0.2, 0.25) is 5.02 Å². The predicted octanol–water partition coefficient (Wildman–Crippen LogP) is 2.37. The Morgan fingerprint density at radius 2 is 2.05 bits per heavy atom. The molecule has 0 saturated carbocycles. The molecule has 0 atom stereocenters. The van der Waals surface area contributed by atoms with Crippen molar-refractivity contribution < 1.29 is 9.21 Å². The van der Waals surface area contributed by atoms with Gasteiger partial charge < -0.3 is 4.42 Å². The number of nitrogens with zero attached hydrogens (tertiary/aromatic N) is 3. The number of benzene rings is 1. The number of aromatic amines is 1. The summed E-state index contributed by atoms with van der Waals surface area (Å²) in [6.45, 7) is 0. The van der Waals surface area contributed by atoms with E-state index in [9.17, 15) is 4.79 Å². The smallest absolute Gasteiger partial charge is 0.313 e. The molecule has 100 valence electrons. The number of anilines is 1. The van der Waals surface area contributed by atoms with Gasteiger partial charge in [-0.15, -0.1) is 0 Å². The first-order valence-electron chi connectivity index (χ1n) is 5.61. The van der Waals surface area contributed by atoms with Crippen molar-refractivity contribution in [1.29, 1.82) is 0 Å². The molecule has 0 aliphatic heterocycles. The molecule has 8 heteroatoms. The number of aromatic nitrogens is 4. The van der Waals surface area contributed by atoms with Crippen LogP contribution in [0.5, 0.6) is 0 Å². The van der Waals surface area contributed by atoms with Crippen molar-refractivity contribution in [3.63, 3.8) is 0 Å². The number of rotatable bonds is 3. The van der Waals surface area contributed by atoms with Gasteiger partial charge in [-0.05, 0) is 24.3 Å². The van der Waals surface area contributed by atoms with Gasteiger partial charge in [0.1, 0.15) is 6.33 Å². The number of carbonyl (C=O) groups is 1. The van der Waals surface area contributed by atoms with Gasteiger partial charge in [0.15, 0.2) is 5.76 Å². The number of nitrogens with one attached hydrogen (secondary N) is 2. The summed E-state index contributed by atoms with van der Waals surface area (Å²) in [6, 6.07) is 7.02. The third-order valence-electron chi connectivity index (χ3n) is 2.48. The summed E-state index contributed by atoms with van der Waals surface area (Å²) in [4.78, 5) is 19.5. The van der Waals surface area contributed by atoms with Crippen LogP contribution in [0.4, 0.5) is 5.95 Å². The van der Waals surface area contributed by atoms with Crippen LogP contribution in [-0.2, 0) is 0 Å². The molecule has 0 spiro atoms. The first-order chi connectivity index (χ1) is 9.72. The second-order valence-electron chi connectivity index (χ2n) is 3.82. The number of oxazole rings is 1. The van der Waals surface area contributed by atoms with E-state index in [1.807, 2.05) is 0 Å². The van der Waals surface area contributed by atoms with Gasteiger partial charge >= 0.3 is 5.91 Å². The average Bonchev–Trinajstić information content (AvgIpc) is 3.10.